The largest absolute Gasteiger partial charge is 0.459 e. The standard InChI is InChI=1S/C20H31F7/c1-2-3-14-4-8-16(9-5-14)17-10-6-15(7-11-17)12-13-18(21,22)19(23,24)20(25,26)27/h14-17H,2-13H2,1H3/t14-,15?,16-,17?. The summed E-state index contributed by atoms with van der Waals surface area (Å²) >= 11 is 0. The van der Waals surface area contributed by atoms with Crippen molar-refractivity contribution in [2.24, 2.45) is 23.7 Å². The molecule has 2 saturated carbocycles. The highest BCUT2D eigenvalue weighted by atomic mass is 19.4. The number of rotatable bonds is 7. The molecule has 0 amide bonds. The Bertz CT molecular complexity index is 442. The van der Waals surface area contributed by atoms with Crippen LogP contribution in [-0.4, -0.2) is 18.0 Å². The molecule has 0 aromatic heterocycles. The Morgan fingerprint density at radius 3 is 1.41 bits per heavy atom. The molecular formula is C20H31F7. The van der Waals surface area contributed by atoms with Crippen LogP contribution in [0.25, 0.3) is 0 Å². The SMILES string of the molecule is CCC[C@H]1CC[C@H](C2CCC(CCC(F)(F)C(F)(F)C(F)(F)F)CC2)CC1. The van der Waals surface area contributed by atoms with E-state index in [4.69, 9.17) is 0 Å². The fourth-order valence-corrected chi connectivity index (χ4v) is 5.05. The van der Waals surface area contributed by atoms with Crippen LogP contribution in [0.3, 0.4) is 0 Å². The van der Waals surface area contributed by atoms with E-state index in [9.17, 15) is 30.7 Å². The molecule has 0 aromatic carbocycles. The third-order valence-corrected chi connectivity index (χ3v) is 6.83. The lowest BCUT2D eigenvalue weighted by Gasteiger charge is -2.38. The van der Waals surface area contributed by atoms with Crippen molar-refractivity contribution in [2.45, 2.75) is 102 Å². The number of halogens is 7. The van der Waals surface area contributed by atoms with Crippen LogP contribution in [-0.2, 0) is 0 Å². The van der Waals surface area contributed by atoms with Crippen LogP contribution >= 0.6 is 0 Å². The molecule has 0 aromatic rings. The summed E-state index contributed by atoms with van der Waals surface area (Å²) in [5.41, 5.74) is 0. The van der Waals surface area contributed by atoms with Gasteiger partial charge in [-0.2, -0.15) is 30.7 Å². The molecule has 2 aliphatic carbocycles. The summed E-state index contributed by atoms with van der Waals surface area (Å²) in [6, 6.07) is 0. The molecule has 0 radical (unpaired) electrons. The molecule has 7 heteroatoms. The summed E-state index contributed by atoms with van der Waals surface area (Å²) in [6.07, 6.45) is 2.58. The van der Waals surface area contributed by atoms with Crippen LogP contribution in [0.4, 0.5) is 30.7 Å². The lowest BCUT2D eigenvalue weighted by Crippen LogP contribution is -2.52. The highest BCUT2D eigenvalue weighted by Gasteiger charge is 2.72. The van der Waals surface area contributed by atoms with Crippen LogP contribution in [0.15, 0.2) is 0 Å². The van der Waals surface area contributed by atoms with Crippen molar-refractivity contribution in [1.29, 1.82) is 0 Å². The Balaban J connectivity index is 1.75. The van der Waals surface area contributed by atoms with Crippen molar-refractivity contribution < 1.29 is 30.7 Å². The Hall–Kier alpha value is -0.490. The molecule has 0 unspecified atom stereocenters. The molecule has 2 aliphatic rings. The smallest absolute Gasteiger partial charge is 0.200 e. The number of hydrogen-bond acceptors (Lipinski definition) is 0. The summed E-state index contributed by atoms with van der Waals surface area (Å²) in [4.78, 5) is 0. The molecule has 160 valence electrons. The molecule has 2 rings (SSSR count). The monoisotopic (exact) mass is 404 g/mol. The van der Waals surface area contributed by atoms with E-state index in [0.29, 0.717) is 24.7 Å². The Kier molecular flexibility index (Phi) is 7.51. The first kappa shape index (κ1) is 22.8. The molecule has 0 spiro atoms. The zero-order chi connectivity index (χ0) is 20.3. The summed E-state index contributed by atoms with van der Waals surface area (Å²) in [5, 5.41) is 0. The van der Waals surface area contributed by atoms with Gasteiger partial charge in [-0.05, 0) is 55.8 Å². The van der Waals surface area contributed by atoms with E-state index in [2.05, 4.69) is 6.92 Å². The Morgan fingerprint density at radius 1 is 0.630 bits per heavy atom. The zero-order valence-electron chi connectivity index (χ0n) is 15.9. The third kappa shape index (κ3) is 5.53. The van der Waals surface area contributed by atoms with Gasteiger partial charge in [0.1, 0.15) is 0 Å². The van der Waals surface area contributed by atoms with Crippen molar-refractivity contribution in [1.82, 2.24) is 0 Å². The van der Waals surface area contributed by atoms with E-state index < -0.39 is 24.4 Å². The molecular weight excluding hydrogens is 373 g/mol. The van der Waals surface area contributed by atoms with Crippen molar-refractivity contribution in [2.75, 3.05) is 0 Å². The van der Waals surface area contributed by atoms with Crippen LogP contribution in [0, 0.1) is 23.7 Å². The van der Waals surface area contributed by atoms with E-state index in [1.165, 1.54) is 38.5 Å². The minimum Gasteiger partial charge on any atom is -0.200 e. The maximum absolute atomic E-state index is 13.4. The van der Waals surface area contributed by atoms with Gasteiger partial charge < -0.3 is 0 Å². The van der Waals surface area contributed by atoms with Crippen molar-refractivity contribution in [3.8, 4) is 0 Å². The predicted molar refractivity (Wildman–Crippen MR) is 91.0 cm³/mol. The second-order valence-electron chi connectivity index (χ2n) is 8.67. The number of alkyl halides is 7. The lowest BCUT2D eigenvalue weighted by molar-refractivity contribution is -0.356. The van der Waals surface area contributed by atoms with E-state index in [-0.39, 0.29) is 12.3 Å². The first-order valence-corrected chi connectivity index (χ1v) is 10.3. The summed E-state index contributed by atoms with van der Waals surface area (Å²) in [5.74, 6) is -9.14. The first-order chi connectivity index (χ1) is 12.5. The van der Waals surface area contributed by atoms with E-state index in [1.54, 1.807) is 0 Å². The highest BCUT2D eigenvalue weighted by Crippen LogP contribution is 2.50. The molecule has 0 heterocycles. The van der Waals surface area contributed by atoms with E-state index >= 15 is 0 Å². The summed E-state index contributed by atoms with van der Waals surface area (Å²) in [6.45, 7) is 2.20. The third-order valence-electron chi connectivity index (χ3n) is 6.83. The van der Waals surface area contributed by atoms with Gasteiger partial charge in [0.15, 0.2) is 0 Å². The van der Waals surface area contributed by atoms with Gasteiger partial charge >= 0.3 is 18.0 Å². The highest BCUT2D eigenvalue weighted by molar-refractivity contribution is 4.92. The van der Waals surface area contributed by atoms with Crippen molar-refractivity contribution in [3.63, 3.8) is 0 Å². The Morgan fingerprint density at radius 2 is 1.04 bits per heavy atom. The van der Waals surface area contributed by atoms with Gasteiger partial charge in [0, 0.05) is 6.42 Å². The van der Waals surface area contributed by atoms with Gasteiger partial charge in [0.25, 0.3) is 0 Å². The molecule has 27 heavy (non-hydrogen) atoms. The summed E-state index contributed by atoms with van der Waals surface area (Å²) in [7, 11) is 0. The lowest BCUT2D eigenvalue weighted by atomic mass is 9.68. The summed E-state index contributed by atoms with van der Waals surface area (Å²) < 4.78 is 89.4. The van der Waals surface area contributed by atoms with Gasteiger partial charge in [-0.1, -0.05) is 45.4 Å². The molecule has 2 fully saturated rings. The normalized spacial score (nSPS) is 31.1. The van der Waals surface area contributed by atoms with Gasteiger partial charge in [-0.25, -0.2) is 0 Å². The van der Waals surface area contributed by atoms with Crippen molar-refractivity contribution in [3.05, 3.63) is 0 Å². The number of hydrogen-bond donors (Lipinski definition) is 0. The Labute approximate surface area is 157 Å². The predicted octanol–water partition coefficient (Wildman–Crippen LogP) is 8.01. The minimum atomic E-state index is -6.22. The maximum atomic E-state index is 13.4. The first-order valence-electron chi connectivity index (χ1n) is 10.3. The van der Waals surface area contributed by atoms with Gasteiger partial charge in [0.2, 0.25) is 0 Å². The van der Waals surface area contributed by atoms with Crippen LogP contribution < -0.4 is 0 Å². The second-order valence-corrected chi connectivity index (χ2v) is 8.67. The van der Waals surface area contributed by atoms with Crippen LogP contribution in [0.2, 0.25) is 0 Å². The van der Waals surface area contributed by atoms with E-state index in [0.717, 1.165) is 18.8 Å². The second kappa shape index (κ2) is 8.89. The quantitative estimate of drug-likeness (QED) is 0.377. The average Bonchev–Trinajstić information content (AvgIpc) is 2.60. The van der Waals surface area contributed by atoms with Gasteiger partial charge in [0.05, 0.1) is 0 Å². The topological polar surface area (TPSA) is 0 Å². The molecule has 0 aliphatic heterocycles. The van der Waals surface area contributed by atoms with Crippen molar-refractivity contribution >= 4 is 0 Å². The zero-order valence-corrected chi connectivity index (χ0v) is 15.9. The fraction of sp³-hybridized carbons (Fsp3) is 1.00. The molecule has 0 bridgehead atoms. The molecule has 0 saturated heterocycles. The maximum Gasteiger partial charge on any atom is 0.459 e. The van der Waals surface area contributed by atoms with E-state index in [1.807, 2.05) is 0 Å². The van der Waals surface area contributed by atoms with Crippen LogP contribution in [0.1, 0.15) is 84.0 Å². The van der Waals surface area contributed by atoms with Crippen LogP contribution in [0.5, 0.6) is 0 Å². The average molecular weight is 404 g/mol. The van der Waals surface area contributed by atoms with Gasteiger partial charge in [-0.15, -0.1) is 0 Å². The van der Waals surface area contributed by atoms with Gasteiger partial charge in [-0.3, -0.25) is 0 Å². The molecule has 0 nitrogen and oxygen atoms in total. The molecule has 0 N–H and O–H groups in total. The minimum absolute atomic E-state index is 0.174. The molecule has 0 atom stereocenters. The fourth-order valence-electron chi connectivity index (χ4n) is 5.05.